The summed E-state index contributed by atoms with van der Waals surface area (Å²) in [6.45, 7) is 10.5. The lowest BCUT2D eigenvalue weighted by Crippen LogP contribution is -2.38. The highest BCUT2D eigenvalue weighted by Crippen LogP contribution is 2.38. The number of aryl methyl sites for hydroxylation is 1. The zero-order chi connectivity index (χ0) is 33.6. The van der Waals surface area contributed by atoms with Crippen LogP contribution in [-0.2, 0) is 19.4 Å². The molecule has 0 atom stereocenters. The predicted molar refractivity (Wildman–Crippen MR) is 181 cm³/mol. The number of halogens is 1. The maximum atomic E-state index is 13.0. The maximum absolute atomic E-state index is 13.0. The lowest BCUT2D eigenvalue weighted by molar-refractivity contribution is -0.132. The number of nitrogens with two attached hydrogens (primary N) is 1. The summed E-state index contributed by atoms with van der Waals surface area (Å²) in [5, 5.41) is 5.97. The fourth-order valence-corrected chi connectivity index (χ4v) is 6.78. The average Bonchev–Trinajstić information content (AvgIpc) is 3.00. The number of hydrogen-bond donors (Lipinski definition) is 3. The third-order valence-corrected chi connectivity index (χ3v) is 10.4. The summed E-state index contributed by atoms with van der Waals surface area (Å²) in [5.41, 5.74) is 8.46. The number of para-hydroxylation sites is 1. The van der Waals surface area contributed by atoms with E-state index in [1.807, 2.05) is 31.7 Å². The molecule has 1 aromatic heterocycles. The fourth-order valence-electron chi connectivity index (χ4n) is 5.44. The number of amides is 2. The molecule has 11 nitrogen and oxygen atoms in total. The van der Waals surface area contributed by atoms with Crippen molar-refractivity contribution in [2.45, 2.75) is 88.9 Å². The standard InChI is InChI=1S/C33H43ClN6O5S/c1-20(2)45-28-18-24(23-13-15-40(16-14-23)31(42)12-8-11-30(35)41)22(5)17-27(28)38-33-36-19-25(34)32(39-33)37-26-9-6-7-10-29(26)46(43,44)21(3)4/h6-7,9-10,17-21,23H,8,11-16H2,1-5H3,(H2,35,41)(H2,36,37,38,39). The van der Waals surface area contributed by atoms with Crippen molar-refractivity contribution < 1.29 is 22.7 Å². The number of hydrogen-bond acceptors (Lipinski definition) is 9. The number of carbonyl (C=O) groups excluding carboxylic acids is 2. The molecule has 4 rings (SSSR count). The number of benzene rings is 2. The van der Waals surface area contributed by atoms with Crippen LogP contribution in [0, 0.1) is 6.92 Å². The van der Waals surface area contributed by atoms with Gasteiger partial charge in [0.15, 0.2) is 15.7 Å². The van der Waals surface area contributed by atoms with Crippen LogP contribution in [0.15, 0.2) is 47.5 Å². The number of rotatable bonds is 13. The second-order valence-corrected chi connectivity index (χ2v) is 15.0. The number of nitrogens with zero attached hydrogens (tertiary/aromatic N) is 3. The molecular weight excluding hydrogens is 628 g/mol. The summed E-state index contributed by atoms with van der Waals surface area (Å²) >= 11 is 6.45. The van der Waals surface area contributed by atoms with Gasteiger partial charge >= 0.3 is 0 Å². The van der Waals surface area contributed by atoms with Crippen LogP contribution >= 0.6 is 11.6 Å². The minimum atomic E-state index is -3.56. The molecular formula is C33H43ClN6O5S. The minimum absolute atomic E-state index is 0.0571. The van der Waals surface area contributed by atoms with Crippen molar-refractivity contribution in [1.29, 1.82) is 0 Å². The first-order valence-corrected chi connectivity index (χ1v) is 17.5. The van der Waals surface area contributed by atoms with Crippen molar-refractivity contribution in [3.63, 3.8) is 0 Å². The summed E-state index contributed by atoms with van der Waals surface area (Å²) in [6.07, 6.45) is 4.01. The van der Waals surface area contributed by atoms with Crippen LogP contribution in [0.25, 0.3) is 0 Å². The average molecular weight is 671 g/mol. The predicted octanol–water partition coefficient (Wildman–Crippen LogP) is 6.26. The van der Waals surface area contributed by atoms with E-state index in [0.29, 0.717) is 43.1 Å². The van der Waals surface area contributed by atoms with Crippen LogP contribution in [0.4, 0.5) is 23.1 Å². The van der Waals surface area contributed by atoms with Crippen molar-refractivity contribution in [2.75, 3.05) is 23.7 Å². The number of primary amides is 1. The van der Waals surface area contributed by atoms with Crippen LogP contribution in [0.2, 0.25) is 5.02 Å². The van der Waals surface area contributed by atoms with Gasteiger partial charge in [0.2, 0.25) is 17.8 Å². The van der Waals surface area contributed by atoms with Gasteiger partial charge in [-0.05, 0) is 95.2 Å². The highest BCUT2D eigenvalue weighted by molar-refractivity contribution is 7.92. The van der Waals surface area contributed by atoms with E-state index in [4.69, 9.17) is 22.1 Å². The quantitative estimate of drug-likeness (QED) is 0.191. The summed E-state index contributed by atoms with van der Waals surface area (Å²) < 4.78 is 32.2. The Labute approximate surface area is 276 Å². The molecule has 2 aromatic carbocycles. The number of piperidine rings is 1. The Kier molecular flexibility index (Phi) is 11.5. The van der Waals surface area contributed by atoms with Crippen LogP contribution < -0.4 is 21.1 Å². The van der Waals surface area contributed by atoms with E-state index in [9.17, 15) is 18.0 Å². The van der Waals surface area contributed by atoms with Gasteiger partial charge in [-0.3, -0.25) is 9.59 Å². The summed E-state index contributed by atoms with van der Waals surface area (Å²) in [6, 6.07) is 10.7. The normalized spacial score (nSPS) is 14.0. The van der Waals surface area contributed by atoms with Gasteiger partial charge in [0.05, 0.1) is 33.8 Å². The van der Waals surface area contributed by atoms with Gasteiger partial charge in [-0.25, -0.2) is 13.4 Å². The summed E-state index contributed by atoms with van der Waals surface area (Å²) in [4.78, 5) is 34.6. The van der Waals surface area contributed by atoms with Gasteiger partial charge in [-0.1, -0.05) is 23.7 Å². The second-order valence-electron chi connectivity index (χ2n) is 12.1. The van der Waals surface area contributed by atoms with Crippen molar-refractivity contribution in [3.8, 4) is 5.75 Å². The molecule has 0 saturated carbocycles. The van der Waals surface area contributed by atoms with Crippen LogP contribution in [0.3, 0.4) is 0 Å². The molecule has 4 N–H and O–H groups in total. The smallest absolute Gasteiger partial charge is 0.229 e. The van der Waals surface area contributed by atoms with Crippen LogP contribution in [0.5, 0.6) is 5.75 Å². The number of anilines is 4. The Bertz CT molecular complexity index is 1670. The van der Waals surface area contributed by atoms with Crippen LogP contribution in [-0.4, -0.2) is 59.5 Å². The Morgan fingerprint density at radius 1 is 1.07 bits per heavy atom. The minimum Gasteiger partial charge on any atom is -0.489 e. The highest BCUT2D eigenvalue weighted by atomic mass is 35.5. The summed E-state index contributed by atoms with van der Waals surface area (Å²) in [7, 11) is -3.56. The number of sulfone groups is 1. The molecule has 0 aliphatic carbocycles. The van der Waals surface area contributed by atoms with Crippen molar-refractivity contribution in [1.82, 2.24) is 14.9 Å². The molecule has 2 amide bonds. The van der Waals surface area contributed by atoms with E-state index >= 15 is 0 Å². The van der Waals surface area contributed by atoms with E-state index < -0.39 is 15.1 Å². The zero-order valence-electron chi connectivity index (χ0n) is 27.0. The number of carbonyl (C=O) groups is 2. The first kappa shape index (κ1) is 35.0. The SMILES string of the molecule is Cc1cc(Nc2ncc(Cl)c(Nc3ccccc3S(=O)(=O)C(C)C)n2)c(OC(C)C)cc1C1CCN(C(=O)CCCC(N)=O)CC1. The van der Waals surface area contributed by atoms with Crippen LogP contribution in [0.1, 0.15) is 76.8 Å². The molecule has 1 aliphatic rings. The Balaban J connectivity index is 1.54. The van der Waals surface area contributed by atoms with Gasteiger partial charge in [0.25, 0.3) is 0 Å². The topological polar surface area (TPSA) is 157 Å². The molecule has 1 saturated heterocycles. The second kappa shape index (κ2) is 15.1. The molecule has 13 heteroatoms. The third kappa shape index (κ3) is 8.67. The largest absolute Gasteiger partial charge is 0.489 e. The molecule has 46 heavy (non-hydrogen) atoms. The van der Waals surface area contributed by atoms with Crippen molar-refractivity contribution >= 4 is 56.4 Å². The van der Waals surface area contributed by atoms with Gasteiger partial charge in [0, 0.05) is 25.9 Å². The van der Waals surface area contributed by atoms with Crippen molar-refractivity contribution in [3.05, 3.63) is 58.7 Å². The maximum Gasteiger partial charge on any atom is 0.229 e. The molecule has 1 aliphatic heterocycles. The molecule has 2 heterocycles. The molecule has 3 aromatic rings. The number of ether oxygens (including phenoxy) is 1. The number of nitrogens with one attached hydrogen (secondary N) is 2. The van der Waals surface area contributed by atoms with E-state index in [0.717, 1.165) is 24.0 Å². The molecule has 0 radical (unpaired) electrons. The monoisotopic (exact) mass is 670 g/mol. The number of aromatic nitrogens is 2. The Morgan fingerprint density at radius 2 is 1.76 bits per heavy atom. The van der Waals surface area contributed by atoms with E-state index in [1.54, 1.807) is 38.1 Å². The van der Waals surface area contributed by atoms with Gasteiger partial charge in [0.1, 0.15) is 10.8 Å². The lowest BCUT2D eigenvalue weighted by Gasteiger charge is -2.33. The van der Waals surface area contributed by atoms with E-state index in [2.05, 4.69) is 26.7 Å². The lowest BCUT2D eigenvalue weighted by atomic mass is 9.86. The third-order valence-electron chi connectivity index (χ3n) is 7.89. The van der Waals surface area contributed by atoms with Crippen molar-refractivity contribution in [2.24, 2.45) is 5.73 Å². The highest BCUT2D eigenvalue weighted by Gasteiger charge is 2.27. The zero-order valence-corrected chi connectivity index (χ0v) is 28.5. The Morgan fingerprint density at radius 3 is 2.41 bits per heavy atom. The van der Waals surface area contributed by atoms with E-state index in [1.165, 1.54) is 6.20 Å². The van der Waals surface area contributed by atoms with Gasteiger partial charge in [-0.15, -0.1) is 0 Å². The van der Waals surface area contributed by atoms with E-state index in [-0.39, 0.29) is 51.9 Å². The number of likely N-dealkylation sites (tertiary alicyclic amines) is 1. The molecule has 0 bridgehead atoms. The molecule has 0 unspecified atom stereocenters. The first-order chi connectivity index (χ1) is 21.8. The summed E-state index contributed by atoms with van der Waals surface area (Å²) in [5.74, 6) is 1.06. The first-order valence-electron chi connectivity index (χ1n) is 15.5. The van der Waals surface area contributed by atoms with Gasteiger partial charge < -0.3 is 26.0 Å². The Hall–Kier alpha value is -3.90. The molecule has 248 valence electrons. The van der Waals surface area contributed by atoms with Gasteiger partial charge in [-0.2, -0.15) is 4.98 Å². The fraction of sp³-hybridized carbons (Fsp3) is 0.455. The molecule has 0 spiro atoms. The molecule has 1 fully saturated rings.